The molecule has 0 aromatic carbocycles. The summed E-state index contributed by atoms with van der Waals surface area (Å²) in [4.78, 5) is 9.66. The molecule has 4 nitrogen and oxygen atoms in total. The van der Waals surface area contributed by atoms with Gasteiger partial charge >= 0.3 is 0 Å². The maximum absolute atomic E-state index is 5.97. The van der Waals surface area contributed by atoms with Crippen LogP contribution >= 0.6 is 11.3 Å². The van der Waals surface area contributed by atoms with Crippen molar-refractivity contribution in [2.45, 2.75) is 38.3 Å². The fourth-order valence-corrected chi connectivity index (χ4v) is 3.83. The molecule has 0 spiro atoms. The number of likely N-dealkylation sites (tertiary alicyclic amines) is 1. The van der Waals surface area contributed by atoms with E-state index in [0.29, 0.717) is 12.1 Å². The number of rotatable bonds is 2. The lowest BCUT2D eigenvalue weighted by atomic mass is 10.0. The van der Waals surface area contributed by atoms with Gasteiger partial charge in [-0.05, 0) is 39.3 Å². The zero-order valence-corrected chi connectivity index (χ0v) is 11.8. The number of thiazole rings is 1. The number of hydrogen-bond acceptors (Lipinski definition) is 5. The Balaban J connectivity index is 1.58. The molecule has 0 radical (unpaired) electrons. The van der Waals surface area contributed by atoms with Crippen LogP contribution in [0.2, 0.25) is 0 Å². The molecule has 1 atom stereocenters. The SMILES string of the molecule is Cc1csc(N2CCC(N3CCC(N)CC3)C2)n1. The van der Waals surface area contributed by atoms with E-state index in [0.717, 1.165) is 31.6 Å². The second kappa shape index (κ2) is 5.15. The van der Waals surface area contributed by atoms with Gasteiger partial charge in [-0.15, -0.1) is 11.3 Å². The van der Waals surface area contributed by atoms with Crippen molar-refractivity contribution in [2.75, 3.05) is 31.1 Å². The Bertz CT molecular complexity index is 397. The number of anilines is 1. The Morgan fingerprint density at radius 2 is 2.06 bits per heavy atom. The van der Waals surface area contributed by atoms with Crippen molar-refractivity contribution >= 4 is 16.5 Å². The van der Waals surface area contributed by atoms with Crippen LogP contribution in [0.3, 0.4) is 0 Å². The highest BCUT2D eigenvalue weighted by Crippen LogP contribution is 2.27. The molecule has 2 aliphatic rings. The fraction of sp³-hybridized carbons (Fsp3) is 0.769. The first-order valence-electron chi connectivity index (χ1n) is 6.89. The first-order chi connectivity index (χ1) is 8.72. The van der Waals surface area contributed by atoms with Crippen molar-refractivity contribution in [3.8, 4) is 0 Å². The average Bonchev–Trinajstić information content (AvgIpc) is 2.98. The number of hydrogen-bond donors (Lipinski definition) is 1. The van der Waals surface area contributed by atoms with Crippen LogP contribution < -0.4 is 10.6 Å². The van der Waals surface area contributed by atoms with Gasteiger partial charge in [0.25, 0.3) is 0 Å². The molecule has 2 fully saturated rings. The van der Waals surface area contributed by atoms with Gasteiger partial charge in [0, 0.05) is 30.6 Å². The predicted molar refractivity (Wildman–Crippen MR) is 76.3 cm³/mol. The predicted octanol–water partition coefficient (Wildman–Crippen LogP) is 1.45. The molecule has 3 heterocycles. The molecule has 2 aliphatic heterocycles. The van der Waals surface area contributed by atoms with Crippen molar-refractivity contribution in [2.24, 2.45) is 5.73 Å². The minimum Gasteiger partial charge on any atom is -0.346 e. The van der Waals surface area contributed by atoms with Crippen LogP contribution in [-0.4, -0.2) is 48.1 Å². The average molecular weight is 266 g/mol. The normalized spacial score (nSPS) is 27.0. The zero-order valence-electron chi connectivity index (χ0n) is 11.0. The van der Waals surface area contributed by atoms with Gasteiger partial charge in [0.15, 0.2) is 5.13 Å². The molecule has 0 saturated carbocycles. The summed E-state index contributed by atoms with van der Waals surface area (Å²) in [5.41, 5.74) is 7.11. The Morgan fingerprint density at radius 3 is 2.72 bits per heavy atom. The van der Waals surface area contributed by atoms with Crippen LogP contribution in [-0.2, 0) is 0 Å². The first-order valence-corrected chi connectivity index (χ1v) is 7.77. The topological polar surface area (TPSA) is 45.4 Å². The Morgan fingerprint density at radius 1 is 1.28 bits per heavy atom. The van der Waals surface area contributed by atoms with E-state index in [-0.39, 0.29) is 0 Å². The van der Waals surface area contributed by atoms with Crippen LogP contribution in [0.25, 0.3) is 0 Å². The van der Waals surface area contributed by atoms with E-state index in [4.69, 9.17) is 5.73 Å². The molecule has 0 bridgehead atoms. The molecule has 100 valence electrons. The van der Waals surface area contributed by atoms with Gasteiger partial charge < -0.3 is 10.6 Å². The third-order valence-corrected chi connectivity index (χ3v) is 5.15. The van der Waals surface area contributed by atoms with Crippen molar-refractivity contribution < 1.29 is 0 Å². The maximum atomic E-state index is 5.97. The van der Waals surface area contributed by atoms with Crippen molar-refractivity contribution in [3.05, 3.63) is 11.1 Å². The maximum Gasteiger partial charge on any atom is 0.185 e. The largest absolute Gasteiger partial charge is 0.346 e. The monoisotopic (exact) mass is 266 g/mol. The van der Waals surface area contributed by atoms with Crippen molar-refractivity contribution in [1.82, 2.24) is 9.88 Å². The summed E-state index contributed by atoms with van der Waals surface area (Å²) in [5, 5.41) is 3.34. The fourth-order valence-electron chi connectivity index (χ4n) is 2.98. The number of aryl methyl sites for hydroxylation is 1. The molecule has 0 amide bonds. The lowest BCUT2D eigenvalue weighted by molar-refractivity contribution is 0.163. The molecule has 2 saturated heterocycles. The van der Waals surface area contributed by atoms with E-state index in [1.165, 1.54) is 24.6 Å². The molecule has 1 unspecified atom stereocenters. The van der Waals surface area contributed by atoms with Crippen LogP contribution in [0.15, 0.2) is 5.38 Å². The molecule has 5 heteroatoms. The smallest absolute Gasteiger partial charge is 0.185 e. The van der Waals surface area contributed by atoms with Crippen LogP contribution in [0.5, 0.6) is 0 Å². The Kier molecular flexibility index (Phi) is 3.54. The van der Waals surface area contributed by atoms with E-state index < -0.39 is 0 Å². The lowest BCUT2D eigenvalue weighted by Gasteiger charge is -2.34. The number of nitrogens with zero attached hydrogens (tertiary/aromatic N) is 3. The van der Waals surface area contributed by atoms with E-state index in [9.17, 15) is 0 Å². The van der Waals surface area contributed by atoms with Crippen LogP contribution in [0, 0.1) is 6.92 Å². The third-order valence-electron chi connectivity index (χ3n) is 4.13. The quantitative estimate of drug-likeness (QED) is 0.880. The molecule has 0 aliphatic carbocycles. The summed E-state index contributed by atoms with van der Waals surface area (Å²) < 4.78 is 0. The highest BCUT2D eigenvalue weighted by molar-refractivity contribution is 7.13. The summed E-state index contributed by atoms with van der Waals surface area (Å²) >= 11 is 1.77. The number of piperidine rings is 1. The van der Waals surface area contributed by atoms with Gasteiger partial charge in [0.2, 0.25) is 0 Å². The summed E-state index contributed by atoms with van der Waals surface area (Å²) in [7, 11) is 0. The Labute approximate surface area is 113 Å². The van der Waals surface area contributed by atoms with Crippen LogP contribution in [0.4, 0.5) is 5.13 Å². The molecular weight excluding hydrogens is 244 g/mol. The van der Waals surface area contributed by atoms with Gasteiger partial charge in [-0.1, -0.05) is 0 Å². The molecular formula is C13H22N4S. The van der Waals surface area contributed by atoms with Crippen LogP contribution in [0.1, 0.15) is 25.0 Å². The molecule has 3 rings (SSSR count). The van der Waals surface area contributed by atoms with E-state index in [2.05, 4.69) is 27.1 Å². The minimum atomic E-state index is 0.431. The second-order valence-corrected chi connectivity index (χ2v) is 6.37. The van der Waals surface area contributed by atoms with E-state index in [1.54, 1.807) is 11.3 Å². The summed E-state index contributed by atoms with van der Waals surface area (Å²) in [6, 6.07) is 1.14. The van der Waals surface area contributed by atoms with Crippen molar-refractivity contribution in [3.63, 3.8) is 0 Å². The van der Waals surface area contributed by atoms with Crippen molar-refractivity contribution in [1.29, 1.82) is 0 Å². The Hall–Kier alpha value is -0.650. The summed E-state index contributed by atoms with van der Waals surface area (Å²) in [6.07, 6.45) is 3.59. The zero-order chi connectivity index (χ0) is 12.5. The second-order valence-electron chi connectivity index (χ2n) is 5.53. The molecule has 1 aromatic heterocycles. The summed E-state index contributed by atoms with van der Waals surface area (Å²) in [6.45, 7) is 6.72. The lowest BCUT2D eigenvalue weighted by Crippen LogP contribution is -2.46. The highest BCUT2D eigenvalue weighted by atomic mass is 32.1. The van der Waals surface area contributed by atoms with E-state index in [1.807, 2.05) is 0 Å². The molecule has 2 N–H and O–H groups in total. The van der Waals surface area contributed by atoms with Gasteiger partial charge in [-0.2, -0.15) is 0 Å². The molecule has 18 heavy (non-hydrogen) atoms. The highest BCUT2D eigenvalue weighted by Gasteiger charge is 2.30. The van der Waals surface area contributed by atoms with Gasteiger partial charge in [-0.25, -0.2) is 4.98 Å². The van der Waals surface area contributed by atoms with Gasteiger partial charge in [-0.3, -0.25) is 4.90 Å². The van der Waals surface area contributed by atoms with E-state index >= 15 is 0 Å². The molecule has 1 aromatic rings. The summed E-state index contributed by atoms with van der Waals surface area (Å²) in [5.74, 6) is 0. The van der Waals surface area contributed by atoms with Gasteiger partial charge in [0.05, 0.1) is 5.69 Å². The number of nitrogens with two attached hydrogens (primary N) is 1. The standard InChI is InChI=1S/C13H22N4S/c1-10-9-18-13(15-10)17-7-4-12(8-17)16-5-2-11(14)3-6-16/h9,11-12H,2-8,14H2,1H3. The number of aromatic nitrogens is 1. The minimum absolute atomic E-state index is 0.431. The third kappa shape index (κ3) is 2.53. The van der Waals surface area contributed by atoms with Gasteiger partial charge in [0.1, 0.15) is 0 Å². The first kappa shape index (κ1) is 12.4.